The molecule has 0 saturated carbocycles. The molecule has 154 valence electrons. The molecule has 0 aliphatic carbocycles. The van der Waals surface area contributed by atoms with E-state index in [4.69, 9.17) is 0 Å². The number of carbonyl (C=O) groups is 1. The van der Waals surface area contributed by atoms with E-state index in [1.807, 2.05) is 0 Å². The molecule has 0 spiro atoms. The summed E-state index contributed by atoms with van der Waals surface area (Å²) in [5.74, 6) is 0.952. The number of carbonyl (C=O) groups excluding carboxylic acids is 1. The van der Waals surface area contributed by atoms with Gasteiger partial charge in [-0.15, -0.1) is 0 Å². The summed E-state index contributed by atoms with van der Waals surface area (Å²) in [6, 6.07) is 0. The van der Waals surface area contributed by atoms with E-state index < -0.39 is 0 Å². The Kier molecular flexibility index (Phi) is 17.9. The first-order chi connectivity index (χ1) is 12.5. The summed E-state index contributed by atoms with van der Waals surface area (Å²) in [5.41, 5.74) is 0. The van der Waals surface area contributed by atoms with Gasteiger partial charge in [0, 0.05) is 6.42 Å². The highest BCUT2D eigenvalue weighted by molar-refractivity contribution is 8.13. The van der Waals surface area contributed by atoms with Crippen LogP contribution >= 0.6 is 11.8 Å². The van der Waals surface area contributed by atoms with Crippen molar-refractivity contribution < 1.29 is 9.28 Å². The highest BCUT2D eigenvalue weighted by atomic mass is 32.2. The maximum atomic E-state index is 11.8. The Balaban J connectivity index is 3.25. The second-order valence-corrected chi connectivity index (χ2v) is 9.72. The van der Waals surface area contributed by atoms with Crippen molar-refractivity contribution in [2.24, 2.45) is 0 Å². The van der Waals surface area contributed by atoms with Gasteiger partial charge in [0.1, 0.15) is 0 Å². The van der Waals surface area contributed by atoms with Gasteiger partial charge in [-0.2, -0.15) is 0 Å². The molecule has 0 aromatic carbocycles. The van der Waals surface area contributed by atoms with Crippen LogP contribution in [-0.4, -0.2) is 43.0 Å². The molecule has 0 aliphatic heterocycles. The van der Waals surface area contributed by atoms with Crippen LogP contribution in [0.15, 0.2) is 12.2 Å². The standard InChI is InChI=1S/C23H46NOS/c1-5-6-7-8-9-10-11-12-13-14-15-16-17-18-19-20-23(25)26-22-21-24(2,3)4/h12-13H,5-11,14-22H2,1-4H3/q+1/b13-12-. The lowest BCUT2D eigenvalue weighted by molar-refractivity contribution is -0.867. The summed E-state index contributed by atoms with van der Waals surface area (Å²) < 4.78 is 0.938. The Labute approximate surface area is 168 Å². The van der Waals surface area contributed by atoms with E-state index in [9.17, 15) is 4.79 Å². The van der Waals surface area contributed by atoms with E-state index in [2.05, 4.69) is 40.2 Å². The van der Waals surface area contributed by atoms with Crippen molar-refractivity contribution in [3.05, 3.63) is 12.2 Å². The van der Waals surface area contributed by atoms with Crippen molar-refractivity contribution in [1.29, 1.82) is 0 Å². The second kappa shape index (κ2) is 18.1. The van der Waals surface area contributed by atoms with Gasteiger partial charge in [-0.1, -0.05) is 82.2 Å². The van der Waals surface area contributed by atoms with Crippen LogP contribution < -0.4 is 0 Å². The number of allylic oxidation sites excluding steroid dienone is 2. The summed E-state index contributed by atoms with van der Waals surface area (Å²) >= 11 is 1.53. The van der Waals surface area contributed by atoms with Crippen LogP contribution in [0.3, 0.4) is 0 Å². The lowest BCUT2D eigenvalue weighted by Gasteiger charge is -2.23. The van der Waals surface area contributed by atoms with Gasteiger partial charge in [0.05, 0.1) is 33.4 Å². The Bertz CT molecular complexity index is 347. The van der Waals surface area contributed by atoms with Gasteiger partial charge in [0.15, 0.2) is 5.12 Å². The molecule has 0 unspecified atom stereocenters. The average Bonchev–Trinajstić information content (AvgIpc) is 2.57. The highest BCUT2D eigenvalue weighted by Crippen LogP contribution is 2.13. The maximum absolute atomic E-state index is 11.8. The van der Waals surface area contributed by atoms with Gasteiger partial charge in [-0.05, 0) is 32.1 Å². The van der Waals surface area contributed by atoms with Crippen LogP contribution in [0.5, 0.6) is 0 Å². The zero-order valence-electron chi connectivity index (χ0n) is 18.2. The molecule has 0 amide bonds. The molecular weight excluding hydrogens is 338 g/mol. The molecular formula is C23H46NOS+. The topological polar surface area (TPSA) is 17.1 Å². The molecule has 0 aromatic rings. The van der Waals surface area contributed by atoms with Crippen LogP contribution in [0.2, 0.25) is 0 Å². The SMILES string of the molecule is CCCCCCCC/C=C\CCCCCCCC(=O)SCC[N+](C)(C)C. The number of thioether (sulfide) groups is 1. The number of hydrogen-bond donors (Lipinski definition) is 0. The highest BCUT2D eigenvalue weighted by Gasteiger charge is 2.09. The van der Waals surface area contributed by atoms with E-state index in [1.165, 1.54) is 88.8 Å². The van der Waals surface area contributed by atoms with Crippen LogP contribution in [0, 0.1) is 0 Å². The first-order valence-corrected chi connectivity index (χ1v) is 12.1. The Morgan fingerprint density at radius 1 is 0.769 bits per heavy atom. The monoisotopic (exact) mass is 384 g/mol. The summed E-state index contributed by atoms with van der Waals surface area (Å²) in [7, 11) is 6.53. The lowest BCUT2D eigenvalue weighted by Crippen LogP contribution is -2.36. The van der Waals surface area contributed by atoms with E-state index >= 15 is 0 Å². The Hall–Kier alpha value is -0.280. The number of hydrogen-bond acceptors (Lipinski definition) is 2. The molecule has 0 rings (SSSR count). The summed E-state index contributed by atoms with van der Waals surface area (Å²) in [6.07, 6.45) is 22.5. The largest absolute Gasteiger partial charge is 0.330 e. The molecule has 26 heavy (non-hydrogen) atoms. The minimum atomic E-state index is 0.385. The smallest absolute Gasteiger partial charge is 0.189 e. The first-order valence-electron chi connectivity index (χ1n) is 11.1. The summed E-state index contributed by atoms with van der Waals surface area (Å²) in [4.78, 5) is 11.8. The van der Waals surface area contributed by atoms with E-state index in [-0.39, 0.29) is 0 Å². The quantitative estimate of drug-likeness (QED) is 0.144. The van der Waals surface area contributed by atoms with Crippen molar-refractivity contribution in [2.75, 3.05) is 33.4 Å². The van der Waals surface area contributed by atoms with Gasteiger partial charge in [-0.3, -0.25) is 4.79 Å². The van der Waals surface area contributed by atoms with Gasteiger partial charge in [0.25, 0.3) is 0 Å². The van der Waals surface area contributed by atoms with Gasteiger partial charge in [0.2, 0.25) is 0 Å². The zero-order valence-corrected chi connectivity index (χ0v) is 19.0. The molecule has 0 atom stereocenters. The molecule has 0 fully saturated rings. The third kappa shape index (κ3) is 21.8. The van der Waals surface area contributed by atoms with Gasteiger partial charge < -0.3 is 4.48 Å². The Morgan fingerprint density at radius 3 is 1.81 bits per heavy atom. The van der Waals surface area contributed by atoms with Crippen LogP contribution in [0.1, 0.15) is 96.8 Å². The minimum absolute atomic E-state index is 0.385. The van der Waals surface area contributed by atoms with Crippen molar-refractivity contribution in [2.45, 2.75) is 96.8 Å². The van der Waals surface area contributed by atoms with Crippen LogP contribution in [0.4, 0.5) is 0 Å². The van der Waals surface area contributed by atoms with E-state index in [0.717, 1.165) is 29.6 Å². The molecule has 0 heterocycles. The average molecular weight is 385 g/mol. The van der Waals surface area contributed by atoms with Crippen molar-refractivity contribution >= 4 is 16.9 Å². The fraction of sp³-hybridized carbons (Fsp3) is 0.870. The van der Waals surface area contributed by atoms with Crippen molar-refractivity contribution in [3.63, 3.8) is 0 Å². The second-order valence-electron chi connectivity index (χ2n) is 8.57. The molecule has 0 radical (unpaired) electrons. The number of unbranched alkanes of at least 4 members (excludes halogenated alkanes) is 11. The first kappa shape index (κ1) is 25.7. The number of quaternary nitrogens is 1. The van der Waals surface area contributed by atoms with Crippen molar-refractivity contribution in [1.82, 2.24) is 0 Å². The fourth-order valence-corrected chi connectivity index (χ4v) is 4.00. The molecule has 0 aliphatic rings. The number of nitrogens with zero attached hydrogens (tertiary/aromatic N) is 1. The zero-order chi connectivity index (χ0) is 19.5. The van der Waals surface area contributed by atoms with Crippen LogP contribution in [-0.2, 0) is 4.79 Å². The van der Waals surface area contributed by atoms with E-state index in [0.29, 0.717) is 5.12 Å². The maximum Gasteiger partial charge on any atom is 0.189 e. The predicted molar refractivity (Wildman–Crippen MR) is 120 cm³/mol. The summed E-state index contributed by atoms with van der Waals surface area (Å²) in [5, 5.41) is 0.385. The fourth-order valence-electron chi connectivity index (χ4n) is 2.85. The molecule has 0 saturated heterocycles. The van der Waals surface area contributed by atoms with E-state index in [1.54, 1.807) is 0 Å². The lowest BCUT2D eigenvalue weighted by atomic mass is 10.1. The third-order valence-corrected chi connectivity index (χ3v) is 5.58. The Morgan fingerprint density at radius 2 is 1.27 bits per heavy atom. The molecule has 3 heteroatoms. The minimum Gasteiger partial charge on any atom is -0.330 e. The molecule has 0 aromatic heterocycles. The summed E-state index contributed by atoms with van der Waals surface area (Å²) in [6.45, 7) is 3.33. The van der Waals surface area contributed by atoms with Crippen molar-refractivity contribution in [3.8, 4) is 0 Å². The third-order valence-electron chi connectivity index (χ3n) is 4.67. The molecule has 0 bridgehead atoms. The predicted octanol–water partition coefficient (Wildman–Crippen LogP) is 6.99. The van der Waals surface area contributed by atoms with Gasteiger partial charge >= 0.3 is 0 Å². The van der Waals surface area contributed by atoms with Crippen LogP contribution in [0.25, 0.3) is 0 Å². The number of rotatable bonds is 18. The molecule has 2 nitrogen and oxygen atoms in total. The van der Waals surface area contributed by atoms with Gasteiger partial charge in [-0.25, -0.2) is 0 Å². The normalized spacial score (nSPS) is 12.2. The molecule has 0 N–H and O–H groups in total.